The summed E-state index contributed by atoms with van der Waals surface area (Å²) >= 11 is 5.93. The summed E-state index contributed by atoms with van der Waals surface area (Å²) in [5.41, 5.74) is -2.22. The highest BCUT2D eigenvalue weighted by Gasteiger charge is 2.64. The Labute approximate surface area is 145 Å². The Morgan fingerprint density at radius 3 is 2.60 bits per heavy atom. The number of rotatable bonds is 3. The number of aliphatic carboxylic acids is 1. The number of hydrogen-bond donors (Lipinski definition) is 1. The van der Waals surface area contributed by atoms with Crippen molar-refractivity contribution in [2.45, 2.75) is 19.1 Å². The van der Waals surface area contributed by atoms with E-state index in [0.717, 1.165) is 10.3 Å². The molecule has 0 saturated carbocycles. The molecule has 1 fully saturated rings. The molecule has 0 spiro atoms. The van der Waals surface area contributed by atoms with Gasteiger partial charge in [0.1, 0.15) is 6.54 Å². The molecule has 1 aliphatic heterocycles. The van der Waals surface area contributed by atoms with Crippen molar-refractivity contribution in [3.63, 3.8) is 0 Å². The van der Waals surface area contributed by atoms with Gasteiger partial charge in [0.2, 0.25) is 5.91 Å². The van der Waals surface area contributed by atoms with Crippen LogP contribution in [0.25, 0.3) is 10.9 Å². The minimum absolute atomic E-state index is 0.183. The van der Waals surface area contributed by atoms with Crippen LogP contribution in [0, 0.1) is 5.41 Å². The van der Waals surface area contributed by atoms with Gasteiger partial charge in [0, 0.05) is 29.8 Å². The molecular weight excluding hydrogens is 361 g/mol. The Balaban J connectivity index is 1.80. The first-order valence-corrected chi connectivity index (χ1v) is 7.84. The van der Waals surface area contributed by atoms with Gasteiger partial charge in [0.25, 0.3) is 0 Å². The number of carbonyl (C=O) groups is 2. The fraction of sp³-hybridized carbons (Fsp3) is 0.375. The predicted molar refractivity (Wildman–Crippen MR) is 84.3 cm³/mol. The van der Waals surface area contributed by atoms with Gasteiger partial charge < -0.3 is 14.6 Å². The second kappa shape index (κ2) is 5.94. The number of carboxylic acids is 1. The van der Waals surface area contributed by atoms with Crippen molar-refractivity contribution in [2.75, 3.05) is 13.1 Å². The minimum Gasteiger partial charge on any atom is -0.481 e. The van der Waals surface area contributed by atoms with E-state index in [0.29, 0.717) is 10.5 Å². The SMILES string of the molecule is O=C(Cn1ccc2ccc(Cl)cc21)N1CCC(C(=O)O)(C(F)(F)F)C1. The van der Waals surface area contributed by atoms with Crippen molar-refractivity contribution in [3.8, 4) is 0 Å². The average Bonchev–Trinajstić information content (AvgIpc) is 3.12. The molecule has 1 saturated heterocycles. The van der Waals surface area contributed by atoms with Crippen molar-refractivity contribution >= 4 is 34.4 Å². The predicted octanol–water partition coefficient (Wildman–Crippen LogP) is 3.16. The number of benzene rings is 1. The lowest BCUT2D eigenvalue weighted by molar-refractivity contribution is -0.227. The maximum absolute atomic E-state index is 13.2. The van der Waals surface area contributed by atoms with E-state index in [1.54, 1.807) is 35.0 Å². The van der Waals surface area contributed by atoms with Crippen LogP contribution in [-0.2, 0) is 16.1 Å². The van der Waals surface area contributed by atoms with Crippen molar-refractivity contribution in [3.05, 3.63) is 35.5 Å². The van der Waals surface area contributed by atoms with E-state index in [4.69, 9.17) is 16.7 Å². The topological polar surface area (TPSA) is 62.5 Å². The minimum atomic E-state index is -4.92. The van der Waals surface area contributed by atoms with E-state index < -0.39 is 36.4 Å². The number of aromatic nitrogens is 1. The first kappa shape index (κ1) is 17.6. The largest absolute Gasteiger partial charge is 0.481 e. The lowest BCUT2D eigenvalue weighted by Crippen LogP contribution is -2.48. The van der Waals surface area contributed by atoms with Crippen LogP contribution in [0.4, 0.5) is 13.2 Å². The van der Waals surface area contributed by atoms with Gasteiger partial charge in [-0.3, -0.25) is 9.59 Å². The summed E-state index contributed by atoms with van der Waals surface area (Å²) in [6, 6.07) is 6.89. The standard InChI is InChI=1S/C16H14ClF3N2O3/c17-11-2-1-10-3-5-21(12(10)7-11)8-13(23)22-6-4-15(9-22,14(24)25)16(18,19)20/h1-3,5,7H,4,6,8-9H2,(H,24,25). The lowest BCUT2D eigenvalue weighted by Gasteiger charge is -2.27. The van der Waals surface area contributed by atoms with Crippen LogP contribution in [-0.4, -0.2) is 45.7 Å². The van der Waals surface area contributed by atoms with E-state index in [9.17, 15) is 22.8 Å². The third-order valence-corrected chi connectivity index (χ3v) is 4.85. The molecule has 2 heterocycles. The quantitative estimate of drug-likeness (QED) is 0.897. The summed E-state index contributed by atoms with van der Waals surface area (Å²) in [6.07, 6.45) is -3.92. The van der Waals surface area contributed by atoms with Crippen LogP contribution in [0.2, 0.25) is 5.02 Å². The summed E-state index contributed by atoms with van der Waals surface area (Å²) in [5, 5.41) is 10.4. The molecule has 9 heteroatoms. The van der Waals surface area contributed by atoms with Gasteiger partial charge in [-0.1, -0.05) is 17.7 Å². The van der Waals surface area contributed by atoms with E-state index in [2.05, 4.69) is 0 Å². The van der Waals surface area contributed by atoms with Gasteiger partial charge in [0.15, 0.2) is 5.41 Å². The number of carboxylic acid groups (broad SMARTS) is 1. The van der Waals surface area contributed by atoms with Gasteiger partial charge in [0.05, 0.1) is 0 Å². The zero-order valence-electron chi connectivity index (χ0n) is 12.9. The van der Waals surface area contributed by atoms with Crippen LogP contribution in [0.3, 0.4) is 0 Å². The number of nitrogens with zero attached hydrogens (tertiary/aromatic N) is 2. The van der Waals surface area contributed by atoms with Crippen molar-refractivity contribution in [1.82, 2.24) is 9.47 Å². The Kier molecular flexibility index (Phi) is 4.18. The van der Waals surface area contributed by atoms with Crippen molar-refractivity contribution in [1.29, 1.82) is 0 Å². The molecule has 134 valence electrons. The van der Waals surface area contributed by atoms with E-state index in [1.165, 1.54) is 0 Å². The van der Waals surface area contributed by atoms with Gasteiger partial charge in [-0.2, -0.15) is 13.2 Å². The summed E-state index contributed by atoms with van der Waals surface area (Å²) < 4.78 is 41.2. The fourth-order valence-electron chi connectivity index (χ4n) is 3.09. The van der Waals surface area contributed by atoms with E-state index in [1.807, 2.05) is 0 Å². The normalized spacial score (nSPS) is 21.0. The molecule has 1 aliphatic rings. The number of carbonyl (C=O) groups excluding carboxylic acids is 1. The van der Waals surface area contributed by atoms with Gasteiger partial charge in [-0.05, 0) is 30.0 Å². The third kappa shape index (κ3) is 2.95. The molecule has 1 N–H and O–H groups in total. The number of alkyl halides is 3. The lowest BCUT2D eigenvalue weighted by atomic mass is 9.86. The van der Waals surface area contributed by atoms with Crippen LogP contribution in [0.1, 0.15) is 6.42 Å². The molecular formula is C16H14ClF3N2O3. The zero-order valence-corrected chi connectivity index (χ0v) is 13.6. The van der Waals surface area contributed by atoms with Crippen LogP contribution in [0.15, 0.2) is 30.5 Å². The maximum atomic E-state index is 13.2. The molecule has 3 rings (SSSR count). The number of hydrogen-bond acceptors (Lipinski definition) is 2. The highest BCUT2D eigenvalue weighted by molar-refractivity contribution is 6.31. The zero-order chi connectivity index (χ0) is 18.4. The van der Waals surface area contributed by atoms with Crippen LogP contribution >= 0.6 is 11.6 Å². The molecule has 0 bridgehead atoms. The Morgan fingerprint density at radius 1 is 1.28 bits per heavy atom. The highest BCUT2D eigenvalue weighted by atomic mass is 35.5. The van der Waals surface area contributed by atoms with E-state index in [-0.39, 0.29) is 13.1 Å². The first-order chi connectivity index (χ1) is 11.6. The summed E-state index contributed by atoms with van der Waals surface area (Å²) in [6.45, 7) is -1.30. The molecule has 2 aromatic rings. The van der Waals surface area contributed by atoms with Gasteiger partial charge in [-0.25, -0.2) is 0 Å². The molecule has 0 radical (unpaired) electrons. The number of amides is 1. The van der Waals surface area contributed by atoms with Crippen LogP contribution < -0.4 is 0 Å². The Hall–Kier alpha value is -2.22. The maximum Gasteiger partial charge on any atom is 0.406 e. The van der Waals surface area contributed by atoms with Crippen molar-refractivity contribution < 1.29 is 27.9 Å². The second-order valence-corrected chi connectivity index (χ2v) is 6.53. The Morgan fingerprint density at radius 2 is 2.00 bits per heavy atom. The molecule has 5 nitrogen and oxygen atoms in total. The van der Waals surface area contributed by atoms with Gasteiger partial charge in [-0.15, -0.1) is 0 Å². The van der Waals surface area contributed by atoms with Crippen LogP contribution in [0.5, 0.6) is 0 Å². The first-order valence-electron chi connectivity index (χ1n) is 7.46. The molecule has 1 unspecified atom stereocenters. The molecule has 1 atom stereocenters. The third-order valence-electron chi connectivity index (χ3n) is 4.62. The number of halogens is 4. The number of fused-ring (bicyclic) bond motifs is 1. The summed E-state index contributed by atoms with van der Waals surface area (Å²) in [4.78, 5) is 24.5. The molecule has 25 heavy (non-hydrogen) atoms. The fourth-order valence-corrected chi connectivity index (χ4v) is 3.26. The average molecular weight is 375 g/mol. The van der Waals surface area contributed by atoms with Gasteiger partial charge >= 0.3 is 12.1 Å². The monoisotopic (exact) mass is 374 g/mol. The Bertz CT molecular complexity index is 849. The van der Waals surface area contributed by atoms with Crippen molar-refractivity contribution in [2.24, 2.45) is 5.41 Å². The smallest absolute Gasteiger partial charge is 0.406 e. The second-order valence-electron chi connectivity index (χ2n) is 6.10. The molecule has 1 aromatic carbocycles. The molecule has 1 aromatic heterocycles. The molecule has 0 aliphatic carbocycles. The summed E-state index contributed by atoms with van der Waals surface area (Å²) in [5.74, 6) is -2.52. The highest BCUT2D eigenvalue weighted by Crippen LogP contribution is 2.45. The number of likely N-dealkylation sites (tertiary alicyclic amines) is 1. The summed E-state index contributed by atoms with van der Waals surface area (Å²) in [7, 11) is 0. The van der Waals surface area contributed by atoms with E-state index >= 15 is 0 Å². The molecule has 1 amide bonds.